The number of hydrogen-bond acceptors (Lipinski definition) is 5. The quantitative estimate of drug-likeness (QED) is 0.590. The van der Waals surface area contributed by atoms with Gasteiger partial charge in [0.2, 0.25) is 0 Å². The van der Waals surface area contributed by atoms with E-state index < -0.39 is 0 Å². The number of nitrogens with one attached hydrogen (secondary N) is 1. The average molecular weight is 431 g/mol. The lowest BCUT2D eigenvalue weighted by Crippen LogP contribution is -2.40. The highest BCUT2D eigenvalue weighted by Gasteiger charge is 2.26. The molecule has 2 amide bonds. The molecule has 8 heteroatoms. The first-order valence-corrected chi connectivity index (χ1v) is 10.2. The van der Waals surface area contributed by atoms with E-state index in [2.05, 4.69) is 5.32 Å². The molecule has 0 spiro atoms. The number of hydrogen-bond donors (Lipinski definition) is 1. The number of halogens is 1. The smallest absolute Gasteiger partial charge is 0.265 e. The van der Waals surface area contributed by atoms with Crippen LogP contribution in [0.1, 0.15) is 11.1 Å². The summed E-state index contributed by atoms with van der Waals surface area (Å²) in [5.41, 5.74) is 2.59. The second kappa shape index (κ2) is 7.95. The maximum Gasteiger partial charge on any atom is 0.265 e. The normalized spacial score (nSPS) is 17.5. The molecule has 2 aromatic rings. The summed E-state index contributed by atoms with van der Waals surface area (Å²) in [6, 6.07) is 13.1. The molecule has 0 aliphatic carbocycles. The highest BCUT2D eigenvalue weighted by atomic mass is 35.5. The third-order valence-corrected chi connectivity index (χ3v) is 5.82. The second-order valence-electron chi connectivity index (χ2n) is 6.29. The summed E-state index contributed by atoms with van der Waals surface area (Å²) in [5, 5.41) is 3.28. The van der Waals surface area contributed by atoms with E-state index in [4.69, 9.17) is 28.6 Å². The Kier molecular flexibility index (Phi) is 5.39. The van der Waals surface area contributed by atoms with Gasteiger partial charge in [-0.3, -0.25) is 9.59 Å². The molecule has 4 rings (SSSR count). The molecule has 0 atom stereocenters. The predicted molar refractivity (Wildman–Crippen MR) is 116 cm³/mol. The Morgan fingerprint density at radius 3 is 2.71 bits per heavy atom. The van der Waals surface area contributed by atoms with Gasteiger partial charge in [0.25, 0.3) is 11.8 Å². The minimum Gasteiger partial charge on any atom is -0.482 e. The number of rotatable bonds is 4. The Morgan fingerprint density at radius 1 is 1.21 bits per heavy atom. The molecule has 142 valence electrons. The van der Waals surface area contributed by atoms with Crippen molar-refractivity contribution in [3.8, 4) is 5.75 Å². The lowest BCUT2D eigenvalue weighted by Gasteiger charge is -2.29. The fourth-order valence-electron chi connectivity index (χ4n) is 3.02. The zero-order valence-corrected chi connectivity index (χ0v) is 17.0. The van der Waals surface area contributed by atoms with Gasteiger partial charge in [-0.25, -0.2) is 0 Å². The highest BCUT2D eigenvalue weighted by Crippen LogP contribution is 2.35. The number of ether oxygens (including phenoxy) is 1. The Bertz CT molecular complexity index is 1010. The van der Waals surface area contributed by atoms with Crippen molar-refractivity contribution in [2.75, 3.05) is 18.1 Å². The van der Waals surface area contributed by atoms with Crippen LogP contribution in [-0.2, 0) is 16.0 Å². The molecule has 5 nitrogen and oxygen atoms in total. The van der Waals surface area contributed by atoms with Crippen LogP contribution in [-0.4, -0.2) is 29.3 Å². The van der Waals surface area contributed by atoms with E-state index >= 15 is 0 Å². The van der Waals surface area contributed by atoms with Gasteiger partial charge in [-0.15, -0.1) is 0 Å². The Balaban J connectivity index is 1.59. The van der Waals surface area contributed by atoms with Crippen molar-refractivity contribution in [3.63, 3.8) is 0 Å². The van der Waals surface area contributed by atoms with Gasteiger partial charge in [-0.2, -0.15) is 0 Å². The zero-order chi connectivity index (χ0) is 19.7. The van der Waals surface area contributed by atoms with E-state index in [1.807, 2.05) is 42.5 Å². The minimum absolute atomic E-state index is 0.0145. The fraction of sp³-hybridized carbons (Fsp3) is 0.150. The number of amides is 2. The van der Waals surface area contributed by atoms with E-state index in [9.17, 15) is 9.59 Å². The van der Waals surface area contributed by atoms with E-state index in [1.54, 1.807) is 11.0 Å². The SMILES string of the molecule is O=C1NC(=S)S/C1=C\c1ccc2c(c1)N(CCc1ccc(Cl)cc1)C(=O)CO2. The summed E-state index contributed by atoms with van der Waals surface area (Å²) >= 11 is 12.2. The van der Waals surface area contributed by atoms with Crippen molar-refractivity contribution in [2.45, 2.75) is 6.42 Å². The topological polar surface area (TPSA) is 58.6 Å². The van der Waals surface area contributed by atoms with Crippen LogP contribution in [0.5, 0.6) is 5.75 Å². The monoisotopic (exact) mass is 430 g/mol. The van der Waals surface area contributed by atoms with Crippen molar-refractivity contribution < 1.29 is 14.3 Å². The van der Waals surface area contributed by atoms with Gasteiger partial charge >= 0.3 is 0 Å². The molecule has 2 aliphatic rings. The van der Waals surface area contributed by atoms with E-state index in [0.717, 1.165) is 11.1 Å². The molecule has 28 heavy (non-hydrogen) atoms. The van der Waals surface area contributed by atoms with Gasteiger partial charge in [-0.1, -0.05) is 53.8 Å². The average Bonchev–Trinajstić information content (AvgIpc) is 2.99. The summed E-state index contributed by atoms with van der Waals surface area (Å²) in [5.74, 6) is 0.344. The van der Waals surface area contributed by atoms with Gasteiger partial charge in [0.05, 0.1) is 10.6 Å². The number of carbonyl (C=O) groups excluding carboxylic acids is 2. The number of carbonyl (C=O) groups is 2. The zero-order valence-electron chi connectivity index (χ0n) is 14.6. The Morgan fingerprint density at radius 2 is 2.00 bits per heavy atom. The number of nitrogens with zero attached hydrogens (tertiary/aromatic N) is 1. The third kappa shape index (κ3) is 4.06. The number of benzene rings is 2. The molecule has 0 saturated carbocycles. The van der Waals surface area contributed by atoms with Gasteiger partial charge in [0.1, 0.15) is 10.1 Å². The number of fused-ring (bicyclic) bond motifs is 1. The molecule has 1 N–H and O–H groups in total. The summed E-state index contributed by atoms with van der Waals surface area (Å²) in [6.45, 7) is 0.538. The number of thiocarbonyl (C=S) groups is 1. The van der Waals surface area contributed by atoms with Crippen LogP contribution in [0.25, 0.3) is 6.08 Å². The number of anilines is 1. The van der Waals surface area contributed by atoms with Crippen LogP contribution >= 0.6 is 35.6 Å². The maximum atomic E-state index is 12.5. The molecule has 2 heterocycles. The predicted octanol–water partition coefficient (Wildman–Crippen LogP) is 3.80. The molecule has 0 unspecified atom stereocenters. The Labute approximate surface area is 176 Å². The van der Waals surface area contributed by atoms with Crippen molar-refractivity contribution in [1.29, 1.82) is 0 Å². The second-order valence-corrected chi connectivity index (χ2v) is 8.45. The summed E-state index contributed by atoms with van der Waals surface area (Å²) < 4.78 is 6.00. The van der Waals surface area contributed by atoms with Crippen LogP contribution in [0.15, 0.2) is 47.4 Å². The molecule has 1 fully saturated rings. The molecule has 2 aromatic carbocycles. The fourth-order valence-corrected chi connectivity index (χ4v) is 4.19. The highest BCUT2D eigenvalue weighted by molar-refractivity contribution is 8.26. The van der Waals surface area contributed by atoms with E-state index in [-0.39, 0.29) is 18.4 Å². The van der Waals surface area contributed by atoms with Gasteiger partial charge in [0, 0.05) is 11.6 Å². The molecule has 2 aliphatic heterocycles. The van der Waals surface area contributed by atoms with Crippen LogP contribution in [0.3, 0.4) is 0 Å². The van der Waals surface area contributed by atoms with Crippen molar-refractivity contribution >= 4 is 63.5 Å². The molecule has 0 radical (unpaired) electrons. The van der Waals surface area contributed by atoms with Gasteiger partial charge in [0.15, 0.2) is 6.61 Å². The van der Waals surface area contributed by atoms with Crippen LogP contribution < -0.4 is 15.0 Å². The molecule has 0 bridgehead atoms. The lowest BCUT2D eigenvalue weighted by molar-refractivity contribution is -0.121. The van der Waals surface area contributed by atoms with Gasteiger partial charge in [-0.05, 0) is 47.9 Å². The van der Waals surface area contributed by atoms with Crippen molar-refractivity contribution in [2.24, 2.45) is 0 Å². The van der Waals surface area contributed by atoms with Gasteiger partial charge < -0.3 is 15.0 Å². The molecule has 0 aromatic heterocycles. The third-order valence-electron chi connectivity index (χ3n) is 4.40. The maximum absolute atomic E-state index is 12.5. The summed E-state index contributed by atoms with van der Waals surface area (Å²) in [4.78, 5) is 26.6. The molecular weight excluding hydrogens is 416 g/mol. The van der Waals surface area contributed by atoms with Crippen LogP contribution in [0, 0.1) is 0 Å². The standard InChI is InChI=1S/C20H15ClN2O3S2/c21-14-4-1-12(2-5-14)7-8-23-15-9-13(3-6-16(15)26-11-18(23)24)10-17-19(25)22-20(27)28-17/h1-6,9-10H,7-8,11H2,(H,22,25,27)/b17-10-. The van der Waals surface area contributed by atoms with E-state index in [1.165, 1.54) is 11.8 Å². The Hall–Kier alpha value is -2.35. The van der Waals surface area contributed by atoms with Crippen molar-refractivity contribution in [3.05, 3.63) is 63.5 Å². The van der Waals surface area contributed by atoms with Crippen molar-refractivity contribution in [1.82, 2.24) is 5.32 Å². The summed E-state index contributed by atoms with van der Waals surface area (Å²) in [7, 11) is 0. The number of thioether (sulfide) groups is 1. The largest absolute Gasteiger partial charge is 0.482 e. The molecular formula is C20H15ClN2O3S2. The first-order chi connectivity index (χ1) is 13.5. The van der Waals surface area contributed by atoms with Crippen LogP contribution in [0.4, 0.5) is 5.69 Å². The van der Waals surface area contributed by atoms with E-state index in [0.29, 0.717) is 38.7 Å². The summed E-state index contributed by atoms with van der Waals surface area (Å²) in [6.07, 6.45) is 2.45. The molecule has 1 saturated heterocycles. The van der Waals surface area contributed by atoms with Crippen LogP contribution in [0.2, 0.25) is 5.02 Å². The first kappa shape index (κ1) is 19.0. The first-order valence-electron chi connectivity index (χ1n) is 8.56. The minimum atomic E-state index is -0.209. The lowest BCUT2D eigenvalue weighted by atomic mass is 10.1.